The second-order valence-corrected chi connectivity index (χ2v) is 6.08. The van der Waals surface area contributed by atoms with Gasteiger partial charge in [0.05, 0.1) is 0 Å². The van der Waals surface area contributed by atoms with Gasteiger partial charge in [-0.3, -0.25) is 11.3 Å². The molecule has 0 aliphatic rings. The van der Waals surface area contributed by atoms with Crippen LogP contribution in [-0.4, -0.2) is 6.04 Å². The summed E-state index contributed by atoms with van der Waals surface area (Å²) < 4.78 is 14.0. The summed E-state index contributed by atoms with van der Waals surface area (Å²) in [6.07, 6.45) is 1.55. The quantitative estimate of drug-likeness (QED) is 0.653. The lowest BCUT2D eigenvalue weighted by molar-refractivity contribution is 0.523. The molecule has 0 radical (unpaired) electrons. The fraction of sp³-hybridized carbons (Fsp3) is 0.231. The van der Waals surface area contributed by atoms with E-state index in [1.54, 1.807) is 17.4 Å². The van der Waals surface area contributed by atoms with E-state index in [0.717, 1.165) is 16.5 Å². The third-order valence-electron chi connectivity index (χ3n) is 2.67. The van der Waals surface area contributed by atoms with Gasteiger partial charge in [0.2, 0.25) is 0 Å². The van der Waals surface area contributed by atoms with E-state index in [4.69, 9.17) is 5.84 Å². The average molecular weight is 329 g/mol. The normalized spacial score (nSPS) is 12.6. The second kappa shape index (κ2) is 6.43. The van der Waals surface area contributed by atoms with Crippen molar-refractivity contribution in [2.24, 2.45) is 5.84 Å². The predicted octanol–water partition coefficient (Wildman–Crippen LogP) is 3.27. The molecule has 5 heteroatoms. The summed E-state index contributed by atoms with van der Waals surface area (Å²) in [5.41, 5.74) is 3.73. The molecule has 0 saturated heterocycles. The smallest absolute Gasteiger partial charge is 0.124 e. The number of rotatable bonds is 5. The monoisotopic (exact) mass is 328 g/mol. The summed E-state index contributed by atoms with van der Waals surface area (Å²) in [6.45, 7) is 0. The van der Waals surface area contributed by atoms with Gasteiger partial charge in [-0.2, -0.15) is 0 Å². The van der Waals surface area contributed by atoms with Gasteiger partial charge < -0.3 is 0 Å². The number of thiophene rings is 1. The van der Waals surface area contributed by atoms with Crippen molar-refractivity contribution in [3.63, 3.8) is 0 Å². The summed E-state index contributed by atoms with van der Waals surface area (Å²) in [4.78, 5) is 1.27. The number of nitrogens with two attached hydrogens (primary N) is 1. The van der Waals surface area contributed by atoms with Crippen LogP contribution in [0.5, 0.6) is 0 Å². The molecular formula is C13H14BrFN2S. The lowest BCUT2D eigenvalue weighted by Gasteiger charge is -2.15. The molecule has 0 fully saturated rings. The largest absolute Gasteiger partial charge is 0.271 e. The minimum Gasteiger partial charge on any atom is -0.271 e. The molecule has 2 aromatic rings. The molecule has 0 aliphatic heterocycles. The van der Waals surface area contributed by atoms with Gasteiger partial charge in [-0.05, 0) is 48.1 Å². The molecule has 0 aliphatic carbocycles. The lowest BCUT2D eigenvalue weighted by Crippen LogP contribution is -2.38. The van der Waals surface area contributed by atoms with Crippen molar-refractivity contribution in [2.75, 3.05) is 0 Å². The molecule has 2 rings (SSSR count). The Labute approximate surface area is 118 Å². The highest BCUT2D eigenvalue weighted by Crippen LogP contribution is 2.18. The van der Waals surface area contributed by atoms with Crippen molar-refractivity contribution in [3.8, 4) is 0 Å². The van der Waals surface area contributed by atoms with Crippen LogP contribution in [0.3, 0.4) is 0 Å². The fourth-order valence-electron chi connectivity index (χ4n) is 1.87. The van der Waals surface area contributed by atoms with Gasteiger partial charge >= 0.3 is 0 Å². The van der Waals surface area contributed by atoms with Crippen LogP contribution in [-0.2, 0) is 12.8 Å². The summed E-state index contributed by atoms with van der Waals surface area (Å²) in [5.74, 6) is 5.33. The minimum atomic E-state index is -0.230. The number of nitrogens with one attached hydrogen (secondary N) is 1. The van der Waals surface area contributed by atoms with Crippen molar-refractivity contribution in [2.45, 2.75) is 18.9 Å². The molecule has 1 atom stereocenters. The molecule has 18 heavy (non-hydrogen) atoms. The Morgan fingerprint density at radius 1 is 1.33 bits per heavy atom. The molecule has 1 unspecified atom stereocenters. The Balaban J connectivity index is 2.05. The summed E-state index contributed by atoms with van der Waals surface area (Å²) >= 11 is 5.00. The van der Waals surface area contributed by atoms with Crippen LogP contribution in [0.25, 0.3) is 0 Å². The Bertz CT molecular complexity index is 481. The highest BCUT2D eigenvalue weighted by atomic mass is 79.9. The Kier molecular flexibility index (Phi) is 4.88. The van der Waals surface area contributed by atoms with Crippen LogP contribution in [0.15, 0.2) is 40.2 Å². The van der Waals surface area contributed by atoms with Gasteiger partial charge in [0.25, 0.3) is 0 Å². The van der Waals surface area contributed by atoms with Gasteiger partial charge in [-0.1, -0.05) is 22.0 Å². The molecule has 0 spiro atoms. The first-order chi connectivity index (χ1) is 8.67. The standard InChI is InChI=1S/C13H14BrFN2S/c14-10-4-9(5-11(15)7-10)6-12(17-16)8-13-2-1-3-18-13/h1-5,7,12,17H,6,8,16H2. The lowest BCUT2D eigenvalue weighted by atomic mass is 10.0. The topological polar surface area (TPSA) is 38.0 Å². The maximum Gasteiger partial charge on any atom is 0.124 e. The Morgan fingerprint density at radius 3 is 2.78 bits per heavy atom. The van der Waals surface area contributed by atoms with Crippen molar-refractivity contribution in [3.05, 3.63) is 56.4 Å². The van der Waals surface area contributed by atoms with E-state index in [9.17, 15) is 4.39 Å². The van der Waals surface area contributed by atoms with E-state index in [-0.39, 0.29) is 11.9 Å². The predicted molar refractivity (Wildman–Crippen MR) is 76.9 cm³/mol. The van der Waals surface area contributed by atoms with E-state index in [1.165, 1.54) is 10.9 Å². The first-order valence-electron chi connectivity index (χ1n) is 5.61. The van der Waals surface area contributed by atoms with Crippen molar-refractivity contribution < 1.29 is 4.39 Å². The van der Waals surface area contributed by atoms with Crippen LogP contribution in [0.1, 0.15) is 10.4 Å². The molecule has 0 bridgehead atoms. The second-order valence-electron chi connectivity index (χ2n) is 4.13. The van der Waals surface area contributed by atoms with Crippen molar-refractivity contribution in [1.29, 1.82) is 0 Å². The maximum atomic E-state index is 13.3. The van der Waals surface area contributed by atoms with Gasteiger partial charge in [0.1, 0.15) is 5.82 Å². The van der Waals surface area contributed by atoms with E-state index >= 15 is 0 Å². The Hall–Kier alpha value is -0.750. The van der Waals surface area contributed by atoms with E-state index in [2.05, 4.69) is 27.4 Å². The van der Waals surface area contributed by atoms with Crippen molar-refractivity contribution in [1.82, 2.24) is 5.43 Å². The molecule has 2 nitrogen and oxygen atoms in total. The number of hydrogen-bond donors (Lipinski definition) is 2. The fourth-order valence-corrected chi connectivity index (χ4v) is 3.17. The molecule has 3 N–H and O–H groups in total. The number of hydrogen-bond acceptors (Lipinski definition) is 3. The van der Waals surface area contributed by atoms with E-state index in [1.807, 2.05) is 17.5 Å². The van der Waals surface area contributed by atoms with Crippen LogP contribution < -0.4 is 11.3 Å². The van der Waals surface area contributed by atoms with Gasteiger partial charge in [-0.15, -0.1) is 11.3 Å². The third-order valence-corrected chi connectivity index (χ3v) is 4.02. The molecule has 0 saturated carbocycles. The summed E-state index contributed by atoms with van der Waals surface area (Å²) in [5, 5.41) is 2.04. The van der Waals surface area contributed by atoms with E-state index in [0.29, 0.717) is 6.42 Å². The first-order valence-corrected chi connectivity index (χ1v) is 7.28. The summed E-state index contributed by atoms with van der Waals surface area (Å²) in [6, 6.07) is 9.12. The maximum absolute atomic E-state index is 13.3. The van der Waals surface area contributed by atoms with Gasteiger partial charge in [0, 0.05) is 15.4 Å². The molecule has 96 valence electrons. The minimum absolute atomic E-state index is 0.109. The van der Waals surface area contributed by atoms with Gasteiger partial charge in [-0.25, -0.2) is 4.39 Å². The molecule has 0 amide bonds. The average Bonchev–Trinajstić information content (AvgIpc) is 2.79. The Morgan fingerprint density at radius 2 is 2.17 bits per heavy atom. The van der Waals surface area contributed by atoms with Crippen LogP contribution in [0.4, 0.5) is 4.39 Å². The van der Waals surface area contributed by atoms with Crippen LogP contribution in [0, 0.1) is 5.82 Å². The molecule has 1 aromatic heterocycles. The zero-order valence-electron chi connectivity index (χ0n) is 9.70. The summed E-state index contributed by atoms with van der Waals surface area (Å²) in [7, 11) is 0. The SMILES string of the molecule is NNC(Cc1cc(F)cc(Br)c1)Cc1cccs1. The molecule has 1 heterocycles. The highest BCUT2D eigenvalue weighted by molar-refractivity contribution is 9.10. The van der Waals surface area contributed by atoms with Crippen molar-refractivity contribution >= 4 is 27.3 Å². The zero-order chi connectivity index (χ0) is 13.0. The van der Waals surface area contributed by atoms with Crippen LogP contribution in [0.2, 0.25) is 0 Å². The highest BCUT2D eigenvalue weighted by Gasteiger charge is 2.10. The van der Waals surface area contributed by atoms with Crippen LogP contribution >= 0.6 is 27.3 Å². The van der Waals surface area contributed by atoms with E-state index < -0.39 is 0 Å². The number of benzene rings is 1. The first kappa shape index (κ1) is 13.7. The zero-order valence-corrected chi connectivity index (χ0v) is 12.1. The third kappa shape index (κ3) is 3.88. The number of hydrazine groups is 1. The molecule has 1 aromatic carbocycles. The number of halogens is 2. The van der Waals surface area contributed by atoms with Gasteiger partial charge in [0.15, 0.2) is 0 Å². The molecular weight excluding hydrogens is 315 g/mol.